The van der Waals surface area contributed by atoms with Crippen LogP contribution in [-0.4, -0.2) is 13.0 Å². The average molecular weight is 318 g/mol. The fourth-order valence-electron chi connectivity index (χ4n) is 1.88. The molecule has 22 heavy (non-hydrogen) atoms. The lowest BCUT2D eigenvalue weighted by atomic mass is 10.2. The Morgan fingerprint density at radius 1 is 1.14 bits per heavy atom. The van der Waals surface area contributed by atoms with Crippen LogP contribution >= 0.6 is 0 Å². The van der Waals surface area contributed by atoms with E-state index < -0.39 is 13.9 Å². The molecular weight excluding hydrogens is 296 g/mol. The summed E-state index contributed by atoms with van der Waals surface area (Å²) in [6.07, 6.45) is 0. The van der Waals surface area contributed by atoms with Gasteiger partial charge in [0.2, 0.25) is 0 Å². The molecule has 0 unspecified atom stereocenters. The summed E-state index contributed by atoms with van der Waals surface area (Å²) >= 11 is 0. The smallest absolute Gasteiger partial charge is 0.310 e. The van der Waals surface area contributed by atoms with Gasteiger partial charge in [-0.1, -0.05) is 32.9 Å². The maximum Gasteiger partial charge on any atom is 0.310 e. The Balaban J connectivity index is 2.75. The molecular formula is C16H22N2O3Si. The lowest BCUT2D eigenvalue weighted by molar-refractivity contribution is 0.484. The largest absolute Gasteiger partial charge is 0.540 e. The van der Waals surface area contributed by atoms with E-state index in [-0.39, 0.29) is 16.2 Å². The zero-order chi connectivity index (χ0) is 16.7. The van der Waals surface area contributed by atoms with Crippen LogP contribution in [0.4, 0.5) is 0 Å². The highest BCUT2D eigenvalue weighted by molar-refractivity contribution is 6.74. The fourth-order valence-corrected chi connectivity index (χ4v) is 2.88. The molecule has 5 nitrogen and oxygen atoms in total. The van der Waals surface area contributed by atoms with Crippen LogP contribution in [-0.2, 0) is 0 Å². The van der Waals surface area contributed by atoms with E-state index in [1.165, 1.54) is 6.07 Å². The number of nitrogens with zero attached hydrogens (tertiary/aromatic N) is 1. The van der Waals surface area contributed by atoms with Crippen LogP contribution in [0.25, 0.3) is 10.9 Å². The predicted octanol–water partition coefficient (Wildman–Crippen LogP) is 2.46. The molecule has 0 spiro atoms. The van der Waals surface area contributed by atoms with E-state index in [9.17, 15) is 9.59 Å². The molecule has 0 saturated carbocycles. The van der Waals surface area contributed by atoms with Crippen molar-refractivity contribution in [1.29, 1.82) is 0 Å². The van der Waals surface area contributed by atoms with Crippen LogP contribution in [0.1, 0.15) is 20.8 Å². The first-order chi connectivity index (χ1) is 10.0. The Kier molecular flexibility index (Phi) is 3.91. The summed E-state index contributed by atoms with van der Waals surface area (Å²) in [4.78, 5) is 24.9. The number of aromatic nitrogens is 1. The second kappa shape index (κ2) is 5.28. The fraction of sp³-hybridized carbons (Fsp3) is 0.375. The van der Waals surface area contributed by atoms with Crippen molar-refractivity contribution in [2.75, 3.05) is 5.84 Å². The topological polar surface area (TPSA) is 74.3 Å². The van der Waals surface area contributed by atoms with Gasteiger partial charge in [0, 0.05) is 11.5 Å². The van der Waals surface area contributed by atoms with E-state index in [2.05, 4.69) is 20.8 Å². The zero-order valence-corrected chi connectivity index (χ0v) is 14.6. The third-order valence-electron chi connectivity index (χ3n) is 4.29. The first-order valence-corrected chi connectivity index (χ1v) is 10.1. The van der Waals surface area contributed by atoms with Gasteiger partial charge in [-0.25, -0.2) is 4.68 Å². The number of rotatable bonds is 2. The second-order valence-electron chi connectivity index (χ2n) is 6.93. The molecule has 1 aromatic carbocycles. The Bertz CT molecular complexity index is 835. The summed E-state index contributed by atoms with van der Waals surface area (Å²) in [5, 5.41) is 0.308. The van der Waals surface area contributed by atoms with Gasteiger partial charge in [-0.3, -0.25) is 9.59 Å². The zero-order valence-electron chi connectivity index (χ0n) is 13.6. The molecule has 0 amide bonds. The van der Waals surface area contributed by atoms with Crippen molar-refractivity contribution in [1.82, 2.24) is 4.68 Å². The minimum absolute atomic E-state index is 0.0234. The van der Waals surface area contributed by atoms with Gasteiger partial charge >= 0.3 is 5.56 Å². The monoisotopic (exact) mass is 318 g/mol. The van der Waals surface area contributed by atoms with Crippen molar-refractivity contribution in [3.63, 3.8) is 0 Å². The van der Waals surface area contributed by atoms with Gasteiger partial charge in [0.05, 0.1) is 5.52 Å². The molecule has 0 atom stereocenters. The third kappa shape index (κ3) is 2.78. The number of para-hydroxylation sites is 1. The molecule has 0 saturated heterocycles. The second-order valence-corrected chi connectivity index (χ2v) is 11.7. The van der Waals surface area contributed by atoms with Crippen LogP contribution in [0.5, 0.6) is 5.75 Å². The molecule has 0 aliphatic rings. The quantitative estimate of drug-likeness (QED) is 0.682. The number of nitrogen functional groups attached to an aromatic ring is 1. The summed E-state index contributed by atoms with van der Waals surface area (Å²) in [6, 6.07) is 8.03. The number of benzene rings is 1. The van der Waals surface area contributed by atoms with Crippen molar-refractivity contribution in [2.24, 2.45) is 0 Å². The van der Waals surface area contributed by atoms with E-state index in [1.54, 1.807) is 24.3 Å². The van der Waals surface area contributed by atoms with E-state index in [1.807, 2.05) is 13.1 Å². The third-order valence-corrected chi connectivity index (χ3v) is 8.63. The Hall–Kier alpha value is -2.08. The van der Waals surface area contributed by atoms with Crippen molar-refractivity contribution in [3.05, 3.63) is 50.9 Å². The van der Waals surface area contributed by atoms with E-state index in [0.29, 0.717) is 10.9 Å². The molecule has 2 N–H and O–H groups in total. The molecule has 0 aliphatic carbocycles. The SMILES string of the molecule is CC(C)(C)[Si](C)(C)Oc1cc(=O)c2ccccc2n(N)c1=O. The Morgan fingerprint density at radius 2 is 1.73 bits per heavy atom. The molecule has 0 aliphatic heterocycles. The molecule has 1 heterocycles. The number of hydrogen-bond acceptors (Lipinski definition) is 4. The highest BCUT2D eigenvalue weighted by Gasteiger charge is 2.39. The lowest BCUT2D eigenvalue weighted by Crippen LogP contribution is -2.45. The van der Waals surface area contributed by atoms with Gasteiger partial charge in [0.25, 0.3) is 8.32 Å². The lowest BCUT2D eigenvalue weighted by Gasteiger charge is -2.35. The Labute approximate surface area is 130 Å². The average Bonchev–Trinajstić information content (AvgIpc) is 2.50. The molecule has 0 radical (unpaired) electrons. The summed E-state index contributed by atoms with van der Waals surface area (Å²) in [5.41, 5.74) is -0.378. The maximum absolute atomic E-state index is 12.5. The molecule has 0 bridgehead atoms. The molecule has 2 aromatic rings. The van der Waals surface area contributed by atoms with Crippen molar-refractivity contribution in [3.8, 4) is 5.75 Å². The maximum atomic E-state index is 12.5. The van der Waals surface area contributed by atoms with E-state index in [4.69, 9.17) is 10.3 Å². The Morgan fingerprint density at radius 3 is 2.32 bits per heavy atom. The molecule has 2 rings (SSSR count). The van der Waals surface area contributed by atoms with Gasteiger partial charge in [-0.05, 0) is 30.3 Å². The number of hydrogen-bond donors (Lipinski definition) is 1. The van der Waals surface area contributed by atoms with Crippen molar-refractivity contribution in [2.45, 2.75) is 38.9 Å². The van der Waals surface area contributed by atoms with E-state index >= 15 is 0 Å². The van der Waals surface area contributed by atoms with Crippen LogP contribution in [0.3, 0.4) is 0 Å². The van der Waals surface area contributed by atoms with Crippen LogP contribution in [0.15, 0.2) is 39.9 Å². The van der Waals surface area contributed by atoms with Crippen LogP contribution in [0, 0.1) is 0 Å². The number of nitrogens with two attached hydrogens (primary N) is 1. The first kappa shape index (κ1) is 16.3. The van der Waals surface area contributed by atoms with Gasteiger partial charge in [0.15, 0.2) is 11.2 Å². The van der Waals surface area contributed by atoms with Gasteiger partial charge in [-0.15, -0.1) is 0 Å². The van der Waals surface area contributed by atoms with Crippen molar-refractivity contribution >= 4 is 19.2 Å². The van der Waals surface area contributed by atoms with Crippen molar-refractivity contribution < 1.29 is 4.43 Å². The number of fused-ring (bicyclic) bond motifs is 1. The standard InChI is InChI=1S/C16H22N2O3Si/c1-16(2,3)22(4,5)21-14-10-13(19)11-8-6-7-9-12(11)18(17)15(14)20/h6-10H,17H2,1-5H3. The normalized spacial score (nSPS) is 12.4. The molecule has 6 heteroatoms. The van der Waals surface area contributed by atoms with Crippen LogP contribution < -0.4 is 21.3 Å². The predicted molar refractivity (Wildman–Crippen MR) is 92.5 cm³/mol. The summed E-state index contributed by atoms with van der Waals surface area (Å²) in [7, 11) is -2.24. The highest BCUT2D eigenvalue weighted by Crippen LogP contribution is 2.36. The first-order valence-electron chi connectivity index (χ1n) is 7.18. The molecule has 1 aromatic heterocycles. The molecule has 0 fully saturated rings. The van der Waals surface area contributed by atoms with Crippen LogP contribution in [0.2, 0.25) is 18.1 Å². The van der Waals surface area contributed by atoms with E-state index in [0.717, 1.165) is 4.68 Å². The minimum atomic E-state index is -2.24. The summed E-state index contributed by atoms with van der Waals surface area (Å²) in [6.45, 7) is 10.2. The van der Waals surface area contributed by atoms with Gasteiger partial charge < -0.3 is 10.3 Å². The summed E-state index contributed by atoms with van der Waals surface area (Å²) in [5.74, 6) is 5.92. The van der Waals surface area contributed by atoms with Gasteiger partial charge in [0.1, 0.15) is 0 Å². The summed E-state index contributed by atoms with van der Waals surface area (Å²) < 4.78 is 7.00. The molecule has 118 valence electrons. The van der Waals surface area contributed by atoms with Gasteiger partial charge in [-0.2, -0.15) is 0 Å². The minimum Gasteiger partial charge on any atom is -0.540 e. The highest BCUT2D eigenvalue weighted by atomic mass is 28.4.